The maximum Gasteiger partial charge on any atom is 0.214 e. The Hall–Kier alpha value is -0.130. The summed E-state index contributed by atoms with van der Waals surface area (Å²) in [5, 5.41) is 0. The molecule has 0 aromatic heterocycles. The highest BCUT2D eigenvalue weighted by molar-refractivity contribution is 7.89. The zero-order valence-electron chi connectivity index (χ0n) is 10.8. The molecule has 0 bridgehead atoms. The second-order valence-electron chi connectivity index (χ2n) is 4.09. The molecule has 0 unspecified atom stereocenters. The second kappa shape index (κ2) is 8.03. The first-order chi connectivity index (χ1) is 7.51. The molecular formula is C11H26N2O2S. The summed E-state index contributed by atoms with van der Waals surface area (Å²) in [5.41, 5.74) is 5.35. The van der Waals surface area contributed by atoms with E-state index < -0.39 is 10.0 Å². The number of nitrogens with two attached hydrogens (primary N) is 1. The van der Waals surface area contributed by atoms with Crippen molar-refractivity contribution < 1.29 is 8.42 Å². The minimum atomic E-state index is -3.10. The van der Waals surface area contributed by atoms with Crippen molar-refractivity contribution in [2.75, 3.05) is 25.4 Å². The summed E-state index contributed by atoms with van der Waals surface area (Å²) in [7, 11) is -3.10. The van der Waals surface area contributed by atoms with Gasteiger partial charge in [0.05, 0.1) is 5.75 Å². The van der Waals surface area contributed by atoms with E-state index in [9.17, 15) is 8.42 Å². The van der Waals surface area contributed by atoms with Crippen LogP contribution in [0.5, 0.6) is 0 Å². The molecule has 0 fully saturated rings. The van der Waals surface area contributed by atoms with Gasteiger partial charge >= 0.3 is 0 Å². The Morgan fingerprint density at radius 2 is 1.75 bits per heavy atom. The monoisotopic (exact) mass is 250 g/mol. The summed E-state index contributed by atoms with van der Waals surface area (Å²) in [5.74, 6) is 0.643. The van der Waals surface area contributed by atoms with Crippen LogP contribution in [0.3, 0.4) is 0 Å². The van der Waals surface area contributed by atoms with Crippen molar-refractivity contribution in [2.24, 2.45) is 11.7 Å². The lowest BCUT2D eigenvalue weighted by molar-refractivity contribution is 0.339. The summed E-state index contributed by atoms with van der Waals surface area (Å²) in [6.07, 6.45) is 2.60. The SMILES string of the molecule is CCC(CC)CN(CC)S(=O)(=O)CCCN. The van der Waals surface area contributed by atoms with Gasteiger partial charge in [-0.2, -0.15) is 0 Å². The normalized spacial score (nSPS) is 12.6. The Labute approximate surface area is 100 Å². The zero-order chi connectivity index (χ0) is 12.6. The van der Waals surface area contributed by atoms with Crippen LogP contribution in [-0.2, 0) is 10.0 Å². The Kier molecular flexibility index (Phi) is 7.97. The number of hydrogen-bond donors (Lipinski definition) is 1. The summed E-state index contributed by atoms with van der Waals surface area (Å²) in [6.45, 7) is 7.74. The molecule has 16 heavy (non-hydrogen) atoms. The van der Waals surface area contributed by atoms with Gasteiger partial charge in [-0.3, -0.25) is 0 Å². The lowest BCUT2D eigenvalue weighted by Crippen LogP contribution is -2.37. The molecule has 0 aromatic rings. The van der Waals surface area contributed by atoms with Crippen LogP contribution in [-0.4, -0.2) is 38.1 Å². The molecule has 2 N–H and O–H groups in total. The first kappa shape index (κ1) is 15.9. The predicted molar refractivity (Wildman–Crippen MR) is 68.8 cm³/mol. The van der Waals surface area contributed by atoms with Gasteiger partial charge in [-0.05, 0) is 18.9 Å². The Morgan fingerprint density at radius 1 is 1.19 bits per heavy atom. The van der Waals surface area contributed by atoms with Crippen LogP contribution in [0.15, 0.2) is 0 Å². The van der Waals surface area contributed by atoms with E-state index >= 15 is 0 Å². The summed E-state index contributed by atoms with van der Waals surface area (Å²) in [4.78, 5) is 0. The summed E-state index contributed by atoms with van der Waals surface area (Å²) in [6, 6.07) is 0. The van der Waals surface area contributed by atoms with Gasteiger partial charge in [-0.15, -0.1) is 0 Å². The average Bonchev–Trinajstić information content (AvgIpc) is 2.28. The molecule has 4 nitrogen and oxygen atoms in total. The largest absolute Gasteiger partial charge is 0.330 e. The Bertz CT molecular complexity index is 261. The molecule has 0 aliphatic rings. The number of rotatable bonds is 9. The molecule has 0 aliphatic heterocycles. The van der Waals surface area contributed by atoms with E-state index in [1.165, 1.54) is 0 Å². The van der Waals surface area contributed by atoms with Gasteiger partial charge in [-0.1, -0.05) is 33.6 Å². The number of sulfonamides is 1. The topological polar surface area (TPSA) is 63.4 Å². The van der Waals surface area contributed by atoms with Gasteiger partial charge in [0.2, 0.25) is 10.0 Å². The van der Waals surface area contributed by atoms with E-state index in [4.69, 9.17) is 5.73 Å². The van der Waals surface area contributed by atoms with Gasteiger partial charge in [0.15, 0.2) is 0 Å². The van der Waals surface area contributed by atoms with E-state index in [2.05, 4.69) is 13.8 Å². The molecule has 0 amide bonds. The van der Waals surface area contributed by atoms with Crippen molar-refractivity contribution in [1.29, 1.82) is 0 Å². The maximum atomic E-state index is 12.0. The maximum absolute atomic E-state index is 12.0. The molecule has 5 heteroatoms. The molecule has 0 saturated carbocycles. The van der Waals surface area contributed by atoms with Crippen LogP contribution in [0.25, 0.3) is 0 Å². The fourth-order valence-corrected chi connectivity index (χ4v) is 3.29. The summed E-state index contributed by atoms with van der Waals surface area (Å²) >= 11 is 0. The molecule has 0 aliphatic carbocycles. The van der Waals surface area contributed by atoms with Crippen LogP contribution in [0, 0.1) is 5.92 Å². The quantitative estimate of drug-likeness (QED) is 0.673. The molecule has 0 saturated heterocycles. The van der Waals surface area contributed by atoms with Gasteiger partial charge in [-0.25, -0.2) is 12.7 Å². The Balaban J connectivity index is 4.46. The smallest absolute Gasteiger partial charge is 0.214 e. The highest BCUT2D eigenvalue weighted by atomic mass is 32.2. The van der Waals surface area contributed by atoms with Crippen molar-refractivity contribution in [3.05, 3.63) is 0 Å². The molecule has 0 heterocycles. The van der Waals surface area contributed by atoms with E-state index in [0.717, 1.165) is 12.8 Å². The lowest BCUT2D eigenvalue weighted by Gasteiger charge is -2.24. The van der Waals surface area contributed by atoms with E-state index in [1.807, 2.05) is 6.92 Å². The molecule has 0 spiro atoms. The third-order valence-electron chi connectivity index (χ3n) is 2.97. The standard InChI is InChI=1S/C11H26N2O2S/c1-4-11(5-2)10-13(6-3)16(14,15)9-7-8-12/h11H,4-10,12H2,1-3H3. The second-order valence-corrected chi connectivity index (χ2v) is 6.18. The minimum Gasteiger partial charge on any atom is -0.330 e. The van der Waals surface area contributed by atoms with Gasteiger partial charge in [0.1, 0.15) is 0 Å². The van der Waals surface area contributed by atoms with Crippen LogP contribution in [0.2, 0.25) is 0 Å². The van der Waals surface area contributed by atoms with Gasteiger partial charge < -0.3 is 5.73 Å². The fraction of sp³-hybridized carbons (Fsp3) is 1.00. The van der Waals surface area contributed by atoms with Crippen molar-refractivity contribution in [2.45, 2.75) is 40.0 Å². The van der Waals surface area contributed by atoms with Gasteiger partial charge in [0, 0.05) is 13.1 Å². The minimum absolute atomic E-state index is 0.178. The highest BCUT2D eigenvalue weighted by Crippen LogP contribution is 2.13. The lowest BCUT2D eigenvalue weighted by atomic mass is 10.0. The van der Waals surface area contributed by atoms with E-state index in [-0.39, 0.29) is 5.75 Å². The van der Waals surface area contributed by atoms with Crippen molar-refractivity contribution in [1.82, 2.24) is 4.31 Å². The third kappa shape index (κ3) is 5.27. The first-order valence-corrected chi connectivity index (χ1v) is 7.80. The summed E-state index contributed by atoms with van der Waals surface area (Å²) < 4.78 is 25.5. The van der Waals surface area contributed by atoms with Crippen LogP contribution in [0.4, 0.5) is 0 Å². The highest BCUT2D eigenvalue weighted by Gasteiger charge is 2.21. The van der Waals surface area contributed by atoms with Crippen LogP contribution < -0.4 is 5.73 Å². The van der Waals surface area contributed by atoms with E-state index in [1.54, 1.807) is 4.31 Å². The third-order valence-corrected chi connectivity index (χ3v) is 4.97. The molecular weight excluding hydrogens is 224 g/mol. The molecule has 98 valence electrons. The zero-order valence-corrected chi connectivity index (χ0v) is 11.6. The molecule has 0 aromatic carbocycles. The molecule has 0 radical (unpaired) electrons. The van der Waals surface area contributed by atoms with Crippen molar-refractivity contribution >= 4 is 10.0 Å². The first-order valence-electron chi connectivity index (χ1n) is 6.19. The molecule has 0 rings (SSSR count). The number of nitrogens with zero attached hydrogens (tertiary/aromatic N) is 1. The average molecular weight is 250 g/mol. The fourth-order valence-electron chi connectivity index (χ4n) is 1.67. The predicted octanol–water partition coefficient (Wildman–Crippen LogP) is 1.42. The number of hydrogen-bond acceptors (Lipinski definition) is 3. The van der Waals surface area contributed by atoms with E-state index in [0.29, 0.717) is 32.0 Å². The van der Waals surface area contributed by atoms with Crippen molar-refractivity contribution in [3.8, 4) is 0 Å². The van der Waals surface area contributed by atoms with Crippen LogP contribution >= 0.6 is 0 Å². The van der Waals surface area contributed by atoms with Crippen LogP contribution in [0.1, 0.15) is 40.0 Å². The molecule has 0 atom stereocenters. The van der Waals surface area contributed by atoms with Gasteiger partial charge in [0.25, 0.3) is 0 Å². The Morgan fingerprint density at radius 3 is 2.12 bits per heavy atom. The van der Waals surface area contributed by atoms with Crippen molar-refractivity contribution in [3.63, 3.8) is 0 Å².